The minimum absolute atomic E-state index is 0.185. The molecular weight excluding hydrogens is 362 g/mol. The van der Waals surface area contributed by atoms with Crippen molar-refractivity contribution in [3.8, 4) is 11.5 Å². The lowest BCUT2D eigenvalue weighted by atomic mass is 9.97. The van der Waals surface area contributed by atoms with Crippen LogP contribution in [0.2, 0.25) is 5.02 Å². The van der Waals surface area contributed by atoms with E-state index >= 15 is 0 Å². The number of ether oxygens (including phenoxy) is 2. The lowest BCUT2D eigenvalue weighted by Gasteiger charge is -2.20. The van der Waals surface area contributed by atoms with Crippen molar-refractivity contribution in [3.63, 3.8) is 0 Å². The predicted molar refractivity (Wildman–Crippen MR) is 98.2 cm³/mol. The topological polar surface area (TPSA) is 65.0 Å². The third kappa shape index (κ3) is 3.65. The van der Waals surface area contributed by atoms with E-state index in [1.807, 2.05) is 6.07 Å². The van der Waals surface area contributed by atoms with E-state index in [2.05, 4.69) is 4.99 Å². The molecule has 0 saturated carbocycles. The largest absolute Gasteiger partial charge is 0.493 e. The highest BCUT2D eigenvalue weighted by Crippen LogP contribution is 2.33. The Kier molecular flexibility index (Phi) is 5.01. The molecular formula is C18H18ClNO4S. The smallest absolute Gasteiger partial charge is 0.184 e. The highest BCUT2D eigenvalue weighted by molar-refractivity contribution is 7.92. The van der Waals surface area contributed by atoms with Gasteiger partial charge in [-0.2, -0.15) is 0 Å². The fourth-order valence-electron chi connectivity index (χ4n) is 2.84. The Morgan fingerprint density at radius 2 is 1.84 bits per heavy atom. The summed E-state index contributed by atoms with van der Waals surface area (Å²) in [5.74, 6) is 0.992. The van der Waals surface area contributed by atoms with E-state index in [1.165, 1.54) is 6.07 Å². The summed E-state index contributed by atoms with van der Waals surface area (Å²) in [4.78, 5) is 4.63. The first kappa shape index (κ1) is 17.8. The first-order chi connectivity index (χ1) is 11.9. The molecule has 1 heterocycles. The van der Waals surface area contributed by atoms with Crippen LogP contribution in [-0.4, -0.2) is 40.6 Å². The Morgan fingerprint density at radius 1 is 1.12 bits per heavy atom. The van der Waals surface area contributed by atoms with Crippen molar-refractivity contribution in [2.24, 2.45) is 4.99 Å². The van der Waals surface area contributed by atoms with Gasteiger partial charge in [0.25, 0.3) is 0 Å². The van der Waals surface area contributed by atoms with Crippen LogP contribution in [0.1, 0.15) is 11.1 Å². The number of methoxy groups -OCH3 is 2. The molecule has 0 amide bonds. The summed E-state index contributed by atoms with van der Waals surface area (Å²) in [5, 5.41) is 0.387. The van der Waals surface area contributed by atoms with Gasteiger partial charge in [0.05, 0.1) is 30.6 Å². The van der Waals surface area contributed by atoms with Crippen molar-refractivity contribution >= 4 is 27.1 Å². The van der Waals surface area contributed by atoms with Crippen molar-refractivity contribution in [1.82, 2.24) is 0 Å². The molecule has 0 radical (unpaired) electrons. The van der Waals surface area contributed by atoms with Crippen LogP contribution in [0.3, 0.4) is 0 Å². The zero-order valence-electron chi connectivity index (χ0n) is 14.0. The van der Waals surface area contributed by atoms with E-state index in [0.717, 1.165) is 17.5 Å². The molecule has 0 aliphatic carbocycles. The summed E-state index contributed by atoms with van der Waals surface area (Å²) >= 11 is 5.92. The fourth-order valence-corrected chi connectivity index (χ4v) is 4.46. The Morgan fingerprint density at radius 3 is 2.52 bits per heavy atom. The van der Waals surface area contributed by atoms with Crippen molar-refractivity contribution < 1.29 is 17.9 Å². The third-order valence-corrected chi connectivity index (χ3v) is 5.95. The molecule has 0 aromatic heterocycles. The molecule has 1 aliphatic heterocycles. The van der Waals surface area contributed by atoms with Gasteiger partial charge in [0.2, 0.25) is 0 Å². The Labute approximate surface area is 152 Å². The maximum atomic E-state index is 12.7. The molecule has 2 aromatic rings. The molecule has 7 heteroatoms. The molecule has 3 rings (SSSR count). The summed E-state index contributed by atoms with van der Waals surface area (Å²) in [6.45, 7) is 0.545. The van der Waals surface area contributed by atoms with Gasteiger partial charge in [0, 0.05) is 17.1 Å². The Bertz CT molecular complexity index is 938. The van der Waals surface area contributed by atoms with Crippen LogP contribution < -0.4 is 9.47 Å². The quantitative estimate of drug-likeness (QED) is 0.800. The number of rotatable bonds is 5. The third-order valence-electron chi connectivity index (χ3n) is 4.09. The Balaban J connectivity index is 1.99. The van der Waals surface area contributed by atoms with E-state index in [-0.39, 0.29) is 10.6 Å². The molecule has 0 saturated heterocycles. The minimum Gasteiger partial charge on any atom is -0.493 e. The summed E-state index contributed by atoms with van der Waals surface area (Å²) in [6.07, 6.45) is 0.733. The van der Waals surface area contributed by atoms with Gasteiger partial charge in [-0.3, -0.25) is 4.99 Å². The molecule has 0 fully saturated rings. The molecule has 0 unspecified atom stereocenters. The van der Waals surface area contributed by atoms with Crippen LogP contribution in [0.4, 0.5) is 0 Å². The molecule has 0 N–H and O–H groups in total. The predicted octanol–water partition coefficient (Wildman–Crippen LogP) is 3.18. The van der Waals surface area contributed by atoms with Crippen molar-refractivity contribution in [1.29, 1.82) is 0 Å². The summed E-state index contributed by atoms with van der Waals surface area (Å²) in [5.41, 5.74) is 2.32. The zero-order valence-corrected chi connectivity index (χ0v) is 15.5. The standard InChI is InChI=1S/C18H18ClNO4S/c1-23-17-8-12-6-7-20-16(15(12)10-18(17)24-2)11-25(21,22)14-5-3-4-13(19)9-14/h3-5,8-10H,6-7,11H2,1-2H3. The molecule has 132 valence electrons. The highest BCUT2D eigenvalue weighted by atomic mass is 35.5. The van der Waals surface area contributed by atoms with Crippen molar-refractivity contribution in [2.45, 2.75) is 11.3 Å². The Hall–Kier alpha value is -2.05. The molecule has 1 aliphatic rings. The molecule has 25 heavy (non-hydrogen) atoms. The lowest BCUT2D eigenvalue weighted by Crippen LogP contribution is -2.22. The van der Waals surface area contributed by atoms with Gasteiger partial charge < -0.3 is 9.47 Å². The molecule has 0 spiro atoms. The number of nitrogens with zero attached hydrogens (tertiary/aromatic N) is 1. The van der Waals surface area contributed by atoms with Gasteiger partial charge in [0.1, 0.15) is 0 Å². The molecule has 0 atom stereocenters. The highest BCUT2D eigenvalue weighted by Gasteiger charge is 2.24. The second kappa shape index (κ2) is 7.06. The first-order valence-electron chi connectivity index (χ1n) is 7.71. The number of hydrogen-bond donors (Lipinski definition) is 0. The van der Waals surface area contributed by atoms with E-state index in [4.69, 9.17) is 21.1 Å². The van der Waals surface area contributed by atoms with Gasteiger partial charge >= 0.3 is 0 Å². The van der Waals surface area contributed by atoms with E-state index in [0.29, 0.717) is 28.8 Å². The van der Waals surface area contributed by atoms with Crippen LogP contribution >= 0.6 is 11.6 Å². The van der Waals surface area contributed by atoms with Crippen molar-refractivity contribution in [3.05, 3.63) is 52.5 Å². The maximum Gasteiger partial charge on any atom is 0.184 e. The average Bonchev–Trinajstić information content (AvgIpc) is 2.60. The normalized spacial score (nSPS) is 13.8. The van der Waals surface area contributed by atoms with E-state index in [1.54, 1.807) is 38.5 Å². The number of aliphatic imine (C=N–C) groups is 1. The van der Waals surface area contributed by atoms with Crippen LogP contribution in [0.5, 0.6) is 11.5 Å². The van der Waals surface area contributed by atoms with E-state index < -0.39 is 9.84 Å². The molecule has 0 bridgehead atoms. The maximum absolute atomic E-state index is 12.7. The van der Waals surface area contributed by atoms with Crippen LogP contribution in [-0.2, 0) is 16.3 Å². The second-order valence-corrected chi connectivity index (χ2v) is 8.09. The first-order valence-corrected chi connectivity index (χ1v) is 9.74. The monoisotopic (exact) mass is 379 g/mol. The number of benzene rings is 2. The van der Waals surface area contributed by atoms with Crippen LogP contribution in [0, 0.1) is 0 Å². The van der Waals surface area contributed by atoms with E-state index in [9.17, 15) is 8.42 Å². The SMILES string of the molecule is COc1cc2c(cc1OC)C(CS(=O)(=O)c1cccc(Cl)c1)=NCC2. The average molecular weight is 380 g/mol. The summed E-state index contributed by atoms with van der Waals surface area (Å²) < 4.78 is 36.1. The van der Waals surface area contributed by atoms with Gasteiger partial charge in [-0.1, -0.05) is 17.7 Å². The number of sulfone groups is 1. The van der Waals surface area contributed by atoms with Crippen LogP contribution in [0.25, 0.3) is 0 Å². The van der Waals surface area contributed by atoms with Crippen LogP contribution in [0.15, 0.2) is 46.3 Å². The number of hydrogen-bond acceptors (Lipinski definition) is 5. The second-order valence-electron chi connectivity index (χ2n) is 5.66. The van der Waals surface area contributed by atoms with Gasteiger partial charge in [0.15, 0.2) is 21.3 Å². The number of halogens is 1. The van der Waals surface area contributed by atoms with Crippen molar-refractivity contribution in [2.75, 3.05) is 26.5 Å². The molecule has 5 nitrogen and oxygen atoms in total. The van der Waals surface area contributed by atoms with Gasteiger partial charge in [-0.05, 0) is 42.3 Å². The van der Waals surface area contributed by atoms with Gasteiger partial charge in [-0.25, -0.2) is 8.42 Å². The lowest BCUT2D eigenvalue weighted by molar-refractivity contribution is 0.354. The number of fused-ring (bicyclic) bond motifs is 1. The van der Waals surface area contributed by atoms with Gasteiger partial charge in [-0.15, -0.1) is 0 Å². The molecule has 2 aromatic carbocycles. The zero-order chi connectivity index (χ0) is 18.0. The summed E-state index contributed by atoms with van der Waals surface area (Å²) in [7, 11) is -0.424. The minimum atomic E-state index is -3.55. The fraction of sp³-hybridized carbons (Fsp3) is 0.278. The summed E-state index contributed by atoms with van der Waals surface area (Å²) in [6, 6.07) is 9.94.